The molecule has 3 aromatic rings. The molecule has 19 heavy (non-hydrogen) atoms. The van der Waals surface area contributed by atoms with Crippen LogP contribution in [-0.4, -0.2) is 20.6 Å². The Morgan fingerprint density at radius 1 is 1.26 bits per heavy atom. The molecule has 0 radical (unpaired) electrons. The quantitative estimate of drug-likeness (QED) is 0.670. The molecule has 0 saturated carbocycles. The second-order valence-electron chi connectivity index (χ2n) is 4.69. The van der Waals surface area contributed by atoms with Gasteiger partial charge in [-0.2, -0.15) is 5.10 Å². The molecule has 0 bridgehead atoms. The van der Waals surface area contributed by atoms with Gasteiger partial charge in [0.1, 0.15) is 0 Å². The highest BCUT2D eigenvalue weighted by Gasteiger charge is 2.07. The first-order chi connectivity index (χ1) is 9.28. The summed E-state index contributed by atoms with van der Waals surface area (Å²) in [7, 11) is 1.92. The number of carbonyl (C=O) groups excluding carboxylic acids is 1. The standard InChI is InChI=1S/C15H15N3O/c1-17-9-12(8-16-17)6-7-18-10-13(11-19)14-4-2-3-5-15(14)18/h2-5,8-11H,6-7H2,1H3. The minimum absolute atomic E-state index is 0.752. The lowest BCUT2D eigenvalue weighted by atomic mass is 10.2. The molecule has 0 fully saturated rings. The minimum Gasteiger partial charge on any atom is -0.346 e. The third-order valence-corrected chi connectivity index (χ3v) is 3.35. The number of aldehydes is 1. The molecule has 96 valence electrons. The second-order valence-corrected chi connectivity index (χ2v) is 4.69. The van der Waals surface area contributed by atoms with Gasteiger partial charge in [-0.3, -0.25) is 9.48 Å². The van der Waals surface area contributed by atoms with Crippen molar-refractivity contribution in [2.45, 2.75) is 13.0 Å². The van der Waals surface area contributed by atoms with Gasteiger partial charge in [-0.15, -0.1) is 0 Å². The van der Waals surface area contributed by atoms with Crippen molar-refractivity contribution >= 4 is 17.2 Å². The maximum atomic E-state index is 11.1. The molecule has 4 nitrogen and oxygen atoms in total. The number of rotatable bonds is 4. The summed E-state index contributed by atoms with van der Waals surface area (Å²) in [5.74, 6) is 0. The van der Waals surface area contributed by atoms with E-state index in [4.69, 9.17) is 0 Å². The molecule has 0 spiro atoms. The van der Waals surface area contributed by atoms with Gasteiger partial charge in [-0.05, 0) is 18.1 Å². The molecule has 2 heterocycles. The topological polar surface area (TPSA) is 39.8 Å². The highest BCUT2D eigenvalue weighted by Crippen LogP contribution is 2.20. The zero-order valence-corrected chi connectivity index (χ0v) is 10.8. The summed E-state index contributed by atoms with van der Waals surface area (Å²) < 4.78 is 3.94. The van der Waals surface area contributed by atoms with Gasteiger partial charge in [0.25, 0.3) is 0 Å². The van der Waals surface area contributed by atoms with Crippen molar-refractivity contribution in [3.05, 3.63) is 54.0 Å². The van der Waals surface area contributed by atoms with Crippen LogP contribution in [0.1, 0.15) is 15.9 Å². The largest absolute Gasteiger partial charge is 0.346 e. The van der Waals surface area contributed by atoms with Crippen LogP contribution in [0.2, 0.25) is 0 Å². The molecular weight excluding hydrogens is 238 g/mol. The number of nitrogens with zero attached hydrogens (tertiary/aromatic N) is 3. The Hall–Kier alpha value is -2.36. The zero-order chi connectivity index (χ0) is 13.2. The summed E-state index contributed by atoms with van der Waals surface area (Å²) in [6, 6.07) is 7.99. The van der Waals surface area contributed by atoms with Crippen LogP contribution in [0, 0.1) is 0 Å². The molecule has 0 unspecified atom stereocenters. The summed E-state index contributed by atoms with van der Waals surface area (Å²) in [5.41, 5.74) is 3.06. The molecule has 3 rings (SSSR count). The number of hydrogen-bond donors (Lipinski definition) is 0. The fourth-order valence-electron chi connectivity index (χ4n) is 2.40. The molecule has 1 aromatic carbocycles. The molecule has 0 amide bonds. The van der Waals surface area contributed by atoms with Gasteiger partial charge in [0.15, 0.2) is 6.29 Å². The van der Waals surface area contributed by atoms with Gasteiger partial charge in [0, 0.05) is 42.5 Å². The smallest absolute Gasteiger partial charge is 0.152 e. The third kappa shape index (κ3) is 2.17. The van der Waals surface area contributed by atoms with Crippen molar-refractivity contribution in [3.8, 4) is 0 Å². The summed E-state index contributed by atoms with van der Waals surface area (Å²) in [6.45, 7) is 0.847. The fourth-order valence-corrected chi connectivity index (χ4v) is 2.40. The van der Waals surface area contributed by atoms with Gasteiger partial charge >= 0.3 is 0 Å². The molecule has 0 N–H and O–H groups in total. The van der Waals surface area contributed by atoms with Gasteiger partial charge in [0.05, 0.1) is 6.20 Å². The first-order valence-corrected chi connectivity index (χ1v) is 6.28. The lowest BCUT2D eigenvalue weighted by Crippen LogP contribution is -1.99. The number of para-hydroxylation sites is 1. The molecule has 2 aromatic heterocycles. The first-order valence-electron chi connectivity index (χ1n) is 6.28. The molecule has 4 heteroatoms. The minimum atomic E-state index is 0.752. The normalized spacial score (nSPS) is 11.0. The van der Waals surface area contributed by atoms with Crippen LogP contribution >= 0.6 is 0 Å². The van der Waals surface area contributed by atoms with E-state index in [-0.39, 0.29) is 0 Å². The predicted molar refractivity (Wildman–Crippen MR) is 74.2 cm³/mol. The summed E-state index contributed by atoms with van der Waals surface area (Å²) in [5, 5.41) is 5.18. The van der Waals surface area contributed by atoms with Crippen molar-refractivity contribution in [2.24, 2.45) is 7.05 Å². The first kappa shape index (κ1) is 11.7. The predicted octanol–water partition coefficient (Wildman–Crippen LogP) is 2.43. The maximum absolute atomic E-state index is 11.1. The highest BCUT2D eigenvalue weighted by molar-refractivity contribution is 5.97. The van der Waals surface area contributed by atoms with E-state index >= 15 is 0 Å². The average Bonchev–Trinajstić information content (AvgIpc) is 3.00. The number of aromatic nitrogens is 3. The Morgan fingerprint density at radius 3 is 2.84 bits per heavy atom. The highest BCUT2D eigenvalue weighted by atomic mass is 16.1. The summed E-state index contributed by atoms with van der Waals surface area (Å²) in [6.07, 6.45) is 7.65. The van der Waals surface area contributed by atoms with Gasteiger partial charge in [0.2, 0.25) is 0 Å². The van der Waals surface area contributed by atoms with Crippen LogP contribution in [0.4, 0.5) is 0 Å². The molecule has 0 saturated heterocycles. The van der Waals surface area contributed by atoms with E-state index in [0.717, 1.165) is 35.7 Å². The Labute approximate surface area is 111 Å². The van der Waals surface area contributed by atoms with E-state index in [9.17, 15) is 4.79 Å². The van der Waals surface area contributed by atoms with Gasteiger partial charge in [-0.25, -0.2) is 0 Å². The van der Waals surface area contributed by atoms with Gasteiger partial charge < -0.3 is 4.57 Å². The van der Waals surface area contributed by atoms with Crippen LogP contribution in [0.25, 0.3) is 10.9 Å². The maximum Gasteiger partial charge on any atom is 0.152 e. The van der Waals surface area contributed by atoms with Crippen LogP contribution in [-0.2, 0) is 20.0 Å². The zero-order valence-electron chi connectivity index (χ0n) is 10.8. The Morgan fingerprint density at radius 2 is 2.11 bits per heavy atom. The van der Waals surface area contributed by atoms with Crippen molar-refractivity contribution < 1.29 is 4.79 Å². The van der Waals surface area contributed by atoms with Crippen LogP contribution in [0.5, 0.6) is 0 Å². The van der Waals surface area contributed by atoms with E-state index in [1.807, 2.05) is 49.9 Å². The fraction of sp³-hybridized carbons (Fsp3) is 0.200. The number of carbonyl (C=O) groups is 1. The number of hydrogen-bond acceptors (Lipinski definition) is 2. The Bertz CT molecular complexity index is 724. The lowest BCUT2D eigenvalue weighted by Gasteiger charge is -2.03. The van der Waals surface area contributed by atoms with Crippen molar-refractivity contribution in [1.82, 2.24) is 14.3 Å². The molecular formula is C15H15N3O. The van der Waals surface area contributed by atoms with Crippen LogP contribution < -0.4 is 0 Å². The van der Waals surface area contributed by atoms with E-state index in [1.165, 1.54) is 5.56 Å². The van der Waals surface area contributed by atoms with E-state index in [0.29, 0.717) is 0 Å². The van der Waals surface area contributed by atoms with Crippen molar-refractivity contribution in [3.63, 3.8) is 0 Å². The lowest BCUT2D eigenvalue weighted by molar-refractivity contribution is 0.112. The number of aryl methyl sites for hydroxylation is 3. The Balaban J connectivity index is 1.90. The molecule has 0 aliphatic heterocycles. The number of benzene rings is 1. The SMILES string of the molecule is Cn1cc(CCn2cc(C=O)c3ccccc32)cn1. The summed E-state index contributed by atoms with van der Waals surface area (Å²) in [4.78, 5) is 11.1. The monoisotopic (exact) mass is 253 g/mol. The van der Waals surface area contributed by atoms with Crippen LogP contribution in [0.15, 0.2) is 42.9 Å². The van der Waals surface area contributed by atoms with Crippen molar-refractivity contribution in [1.29, 1.82) is 0 Å². The van der Waals surface area contributed by atoms with Crippen molar-refractivity contribution in [2.75, 3.05) is 0 Å². The van der Waals surface area contributed by atoms with Gasteiger partial charge in [-0.1, -0.05) is 18.2 Å². The van der Waals surface area contributed by atoms with E-state index in [1.54, 1.807) is 4.68 Å². The van der Waals surface area contributed by atoms with Crippen LogP contribution in [0.3, 0.4) is 0 Å². The second kappa shape index (κ2) is 4.72. The van der Waals surface area contributed by atoms with E-state index < -0.39 is 0 Å². The number of fused-ring (bicyclic) bond motifs is 1. The third-order valence-electron chi connectivity index (χ3n) is 3.35. The van der Waals surface area contributed by atoms with E-state index in [2.05, 4.69) is 9.67 Å². The molecule has 0 atom stereocenters. The molecule has 0 aliphatic rings. The molecule has 0 aliphatic carbocycles. The Kier molecular flexibility index (Phi) is 2.91. The summed E-state index contributed by atoms with van der Waals surface area (Å²) >= 11 is 0. The average molecular weight is 253 g/mol.